The van der Waals surface area contributed by atoms with Crippen LogP contribution < -0.4 is 5.32 Å². The van der Waals surface area contributed by atoms with Gasteiger partial charge in [0.25, 0.3) is 0 Å². The van der Waals surface area contributed by atoms with Crippen molar-refractivity contribution in [3.63, 3.8) is 0 Å². The van der Waals surface area contributed by atoms with Gasteiger partial charge in [-0.2, -0.15) is 0 Å². The summed E-state index contributed by atoms with van der Waals surface area (Å²) < 4.78 is 0. The monoisotopic (exact) mass is 295 g/mol. The molecule has 2 aliphatic rings. The van der Waals surface area contributed by atoms with Gasteiger partial charge in [-0.1, -0.05) is 33.6 Å². The van der Waals surface area contributed by atoms with E-state index in [0.29, 0.717) is 11.8 Å². The number of nitrogens with one attached hydrogen (secondary N) is 1. The summed E-state index contributed by atoms with van der Waals surface area (Å²) >= 11 is 0. The second-order valence-corrected chi connectivity index (χ2v) is 6.77. The largest absolute Gasteiger partial charge is 0.326 e. The maximum absolute atomic E-state index is 12.7. The van der Waals surface area contributed by atoms with Gasteiger partial charge in [-0.3, -0.25) is 10.1 Å². The van der Waals surface area contributed by atoms with Crippen molar-refractivity contribution in [2.45, 2.75) is 71.5 Å². The molecule has 1 N–H and O–H groups in total. The summed E-state index contributed by atoms with van der Waals surface area (Å²) in [5.41, 5.74) is 0. The van der Waals surface area contributed by atoms with E-state index >= 15 is 0 Å². The first-order chi connectivity index (χ1) is 10.2. The van der Waals surface area contributed by atoms with Crippen molar-refractivity contribution in [1.29, 1.82) is 0 Å². The van der Waals surface area contributed by atoms with Gasteiger partial charge in [-0.15, -0.1) is 0 Å². The van der Waals surface area contributed by atoms with Crippen LogP contribution in [-0.2, 0) is 4.79 Å². The Bertz CT molecular complexity index is 328. The van der Waals surface area contributed by atoms with E-state index in [4.69, 9.17) is 0 Å². The van der Waals surface area contributed by atoms with Gasteiger partial charge >= 0.3 is 0 Å². The summed E-state index contributed by atoms with van der Waals surface area (Å²) in [6.07, 6.45) is 7.32. The van der Waals surface area contributed by atoms with Crippen molar-refractivity contribution in [2.24, 2.45) is 5.92 Å². The number of carbonyl (C=O) groups is 1. The molecule has 4 heteroatoms. The van der Waals surface area contributed by atoms with Gasteiger partial charge in [0.05, 0.1) is 12.2 Å². The van der Waals surface area contributed by atoms with Crippen LogP contribution in [0.4, 0.5) is 0 Å². The van der Waals surface area contributed by atoms with Crippen LogP contribution in [0.1, 0.15) is 59.3 Å². The van der Waals surface area contributed by atoms with Crippen molar-refractivity contribution >= 4 is 5.91 Å². The summed E-state index contributed by atoms with van der Waals surface area (Å²) in [5, 5.41) is 3.58. The lowest BCUT2D eigenvalue weighted by atomic mass is 9.99. The topological polar surface area (TPSA) is 35.6 Å². The minimum atomic E-state index is 0.0401. The fraction of sp³-hybridized carbons (Fsp3) is 0.941. The molecule has 0 saturated carbocycles. The summed E-state index contributed by atoms with van der Waals surface area (Å²) in [4.78, 5) is 17.3. The Morgan fingerprint density at radius 3 is 2.57 bits per heavy atom. The van der Waals surface area contributed by atoms with Crippen molar-refractivity contribution < 1.29 is 4.79 Å². The molecule has 0 aromatic heterocycles. The Labute approximate surface area is 130 Å². The Morgan fingerprint density at radius 1 is 1.24 bits per heavy atom. The lowest BCUT2D eigenvalue weighted by molar-refractivity contribution is -0.131. The maximum atomic E-state index is 12.7. The minimum absolute atomic E-state index is 0.0401. The fourth-order valence-electron chi connectivity index (χ4n) is 3.59. The first-order valence-corrected chi connectivity index (χ1v) is 8.96. The van der Waals surface area contributed by atoms with Crippen LogP contribution in [0, 0.1) is 5.92 Å². The third kappa shape index (κ3) is 4.19. The van der Waals surface area contributed by atoms with Gasteiger partial charge in [0, 0.05) is 6.54 Å². The van der Waals surface area contributed by atoms with E-state index in [2.05, 4.69) is 35.9 Å². The zero-order valence-corrected chi connectivity index (χ0v) is 14.1. The van der Waals surface area contributed by atoms with E-state index < -0.39 is 0 Å². The van der Waals surface area contributed by atoms with Gasteiger partial charge in [-0.05, 0) is 51.2 Å². The van der Waals surface area contributed by atoms with E-state index in [9.17, 15) is 4.79 Å². The van der Waals surface area contributed by atoms with Gasteiger partial charge in [0.1, 0.15) is 0 Å². The number of amides is 1. The molecule has 21 heavy (non-hydrogen) atoms. The highest BCUT2D eigenvalue weighted by molar-refractivity contribution is 5.84. The van der Waals surface area contributed by atoms with Crippen molar-refractivity contribution in [2.75, 3.05) is 26.2 Å². The smallest absolute Gasteiger partial charge is 0.241 e. The highest BCUT2D eigenvalue weighted by Crippen LogP contribution is 2.22. The molecular formula is C17H33N3O. The molecule has 0 aromatic rings. The van der Waals surface area contributed by atoms with Gasteiger partial charge < -0.3 is 9.80 Å². The van der Waals surface area contributed by atoms with E-state index in [0.717, 1.165) is 38.8 Å². The molecule has 4 nitrogen and oxygen atoms in total. The number of rotatable bonds is 8. The van der Waals surface area contributed by atoms with Crippen LogP contribution in [0.25, 0.3) is 0 Å². The first kappa shape index (κ1) is 16.8. The molecule has 2 saturated heterocycles. The molecule has 2 fully saturated rings. The second kappa shape index (κ2) is 8.14. The summed E-state index contributed by atoms with van der Waals surface area (Å²) in [7, 11) is 0. The molecular weight excluding hydrogens is 262 g/mol. The predicted octanol–water partition coefficient (Wildman–Crippen LogP) is 2.45. The highest BCUT2D eigenvalue weighted by Gasteiger charge is 2.39. The van der Waals surface area contributed by atoms with Gasteiger partial charge in [0.2, 0.25) is 5.91 Å². The Hall–Kier alpha value is -0.610. The highest BCUT2D eigenvalue weighted by atomic mass is 16.2. The second-order valence-electron chi connectivity index (χ2n) is 6.77. The molecule has 2 aliphatic heterocycles. The molecule has 2 rings (SSSR count). The molecule has 0 bridgehead atoms. The van der Waals surface area contributed by atoms with E-state index in [1.165, 1.54) is 25.9 Å². The number of carbonyl (C=O) groups excluding carboxylic acids is 1. The van der Waals surface area contributed by atoms with E-state index in [1.807, 2.05) is 0 Å². The minimum Gasteiger partial charge on any atom is -0.326 e. The summed E-state index contributed by atoms with van der Waals surface area (Å²) in [5.74, 6) is 0.768. The molecule has 0 radical (unpaired) electrons. The predicted molar refractivity (Wildman–Crippen MR) is 87.1 cm³/mol. The van der Waals surface area contributed by atoms with Crippen LogP contribution in [-0.4, -0.2) is 54.1 Å². The normalized spacial score (nSPS) is 28.5. The third-order valence-electron chi connectivity index (χ3n) is 5.14. The summed E-state index contributed by atoms with van der Waals surface area (Å²) in [6.45, 7) is 11.1. The third-order valence-corrected chi connectivity index (χ3v) is 5.14. The molecule has 122 valence electrons. The molecule has 3 unspecified atom stereocenters. The molecule has 0 spiro atoms. The molecule has 0 aromatic carbocycles. The van der Waals surface area contributed by atoms with E-state index in [1.54, 1.807) is 0 Å². The zero-order chi connectivity index (χ0) is 15.2. The number of likely N-dealkylation sites (tertiary alicyclic amines) is 1. The van der Waals surface area contributed by atoms with Gasteiger partial charge in [-0.25, -0.2) is 0 Å². The standard InChI is InChI=1S/C17H33N3O/c1-4-9-15-18-16(14(3)5-2)17(21)20(15)13-8-12-19-10-6-7-11-19/h14-16,18H,4-13H2,1-3H3. The lowest BCUT2D eigenvalue weighted by Gasteiger charge is -2.25. The summed E-state index contributed by atoms with van der Waals surface area (Å²) in [6, 6.07) is 0.0401. The molecule has 1 amide bonds. The van der Waals surface area contributed by atoms with Crippen molar-refractivity contribution in [3.05, 3.63) is 0 Å². The van der Waals surface area contributed by atoms with E-state index in [-0.39, 0.29) is 12.2 Å². The van der Waals surface area contributed by atoms with Crippen LogP contribution in [0.3, 0.4) is 0 Å². The van der Waals surface area contributed by atoms with Crippen molar-refractivity contribution in [1.82, 2.24) is 15.1 Å². The number of nitrogens with zero attached hydrogens (tertiary/aromatic N) is 2. The quantitative estimate of drug-likeness (QED) is 0.747. The molecule has 2 heterocycles. The maximum Gasteiger partial charge on any atom is 0.241 e. The first-order valence-electron chi connectivity index (χ1n) is 8.96. The number of hydrogen-bond donors (Lipinski definition) is 1. The Morgan fingerprint density at radius 2 is 1.95 bits per heavy atom. The fourth-order valence-corrected chi connectivity index (χ4v) is 3.59. The molecule has 0 aliphatic carbocycles. The van der Waals surface area contributed by atoms with Crippen LogP contribution in [0.15, 0.2) is 0 Å². The van der Waals surface area contributed by atoms with Crippen LogP contribution >= 0.6 is 0 Å². The van der Waals surface area contributed by atoms with Gasteiger partial charge in [0.15, 0.2) is 0 Å². The van der Waals surface area contributed by atoms with Crippen molar-refractivity contribution in [3.8, 4) is 0 Å². The van der Waals surface area contributed by atoms with Crippen LogP contribution in [0.5, 0.6) is 0 Å². The SMILES string of the molecule is CCCC1NC(C(C)CC)C(=O)N1CCCN1CCCC1. The number of hydrogen-bond acceptors (Lipinski definition) is 3. The van der Waals surface area contributed by atoms with Crippen LogP contribution in [0.2, 0.25) is 0 Å². The molecule has 3 atom stereocenters. The Balaban J connectivity index is 1.86. The Kier molecular flexibility index (Phi) is 6.49. The average molecular weight is 295 g/mol. The average Bonchev–Trinajstić information content (AvgIpc) is 3.09. The lowest BCUT2D eigenvalue weighted by Crippen LogP contribution is -2.39. The zero-order valence-electron chi connectivity index (χ0n) is 14.1.